The van der Waals surface area contributed by atoms with Gasteiger partial charge >= 0.3 is 6.18 Å². The molecule has 1 aromatic rings. The maximum absolute atomic E-state index is 13.9. The molecule has 2 bridgehead atoms. The van der Waals surface area contributed by atoms with Crippen LogP contribution < -0.4 is 5.32 Å². The first-order chi connectivity index (χ1) is 9.84. The predicted octanol–water partition coefficient (Wildman–Crippen LogP) is 5.08. The molecular weight excluding hydrogens is 282 g/mol. The van der Waals surface area contributed by atoms with Gasteiger partial charge in [-0.15, -0.1) is 0 Å². The van der Waals surface area contributed by atoms with Gasteiger partial charge in [-0.2, -0.15) is 13.2 Å². The summed E-state index contributed by atoms with van der Waals surface area (Å²) in [7, 11) is 0. The number of hydrogen-bond acceptors (Lipinski definition) is 1. The van der Waals surface area contributed by atoms with Crippen molar-refractivity contribution in [1.82, 2.24) is 0 Å². The van der Waals surface area contributed by atoms with Crippen LogP contribution in [0.3, 0.4) is 0 Å². The lowest BCUT2D eigenvalue weighted by Gasteiger charge is -2.29. The third-order valence-electron chi connectivity index (χ3n) is 5.11. The molecule has 1 aromatic carbocycles. The van der Waals surface area contributed by atoms with Crippen molar-refractivity contribution >= 4 is 5.69 Å². The maximum Gasteiger partial charge on any atom is 0.416 e. The molecule has 0 amide bonds. The zero-order valence-corrected chi connectivity index (χ0v) is 11.9. The largest absolute Gasteiger partial charge is 0.416 e. The molecule has 1 N–H and O–H groups in total. The van der Waals surface area contributed by atoms with E-state index in [1.54, 1.807) is 0 Å². The molecule has 0 spiro atoms. The molecule has 4 atom stereocenters. The van der Waals surface area contributed by atoms with Crippen LogP contribution in [0.5, 0.6) is 0 Å². The van der Waals surface area contributed by atoms with Crippen molar-refractivity contribution < 1.29 is 17.6 Å². The van der Waals surface area contributed by atoms with Crippen molar-refractivity contribution in [1.29, 1.82) is 0 Å². The van der Waals surface area contributed by atoms with E-state index in [1.165, 1.54) is 25.3 Å². The van der Waals surface area contributed by atoms with Gasteiger partial charge in [0.05, 0.1) is 11.3 Å². The molecule has 2 fully saturated rings. The number of anilines is 1. The molecule has 3 rings (SSSR count). The molecule has 0 radical (unpaired) electrons. The summed E-state index contributed by atoms with van der Waals surface area (Å²) in [6.45, 7) is 2.00. The van der Waals surface area contributed by atoms with Crippen LogP contribution in [-0.2, 0) is 6.18 Å². The molecule has 5 heteroatoms. The van der Waals surface area contributed by atoms with E-state index in [2.05, 4.69) is 5.32 Å². The second-order valence-electron chi connectivity index (χ2n) is 6.46. The second-order valence-corrected chi connectivity index (χ2v) is 6.46. The fourth-order valence-corrected chi connectivity index (χ4v) is 4.07. The molecule has 0 heterocycles. The van der Waals surface area contributed by atoms with E-state index in [0.29, 0.717) is 17.9 Å². The van der Waals surface area contributed by atoms with Gasteiger partial charge in [0.15, 0.2) is 0 Å². The van der Waals surface area contributed by atoms with Crippen LogP contribution in [0, 0.1) is 23.6 Å². The molecular formula is C16H19F4N. The molecule has 2 saturated carbocycles. The Balaban J connectivity index is 1.70. The molecule has 21 heavy (non-hydrogen) atoms. The van der Waals surface area contributed by atoms with Gasteiger partial charge in [0.25, 0.3) is 0 Å². The van der Waals surface area contributed by atoms with E-state index < -0.39 is 17.6 Å². The Hall–Kier alpha value is -1.26. The summed E-state index contributed by atoms with van der Waals surface area (Å²) in [6.07, 6.45) is 0.433. The average Bonchev–Trinajstić information content (AvgIpc) is 3.02. The molecule has 2 aliphatic rings. The summed E-state index contributed by atoms with van der Waals surface area (Å²) in [6, 6.07) is 2.78. The number of benzene rings is 1. The second kappa shape index (κ2) is 5.18. The molecule has 116 valence electrons. The van der Waals surface area contributed by atoms with Crippen LogP contribution >= 0.6 is 0 Å². The molecule has 1 nitrogen and oxygen atoms in total. The highest BCUT2D eigenvalue weighted by Crippen LogP contribution is 2.50. The minimum Gasteiger partial charge on any atom is -0.380 e. The Labute approximate surface area is 121 Å². The molecule has 0 aromatic heterocycles. The van der Waals surface area contributed by atoms with E-state index in [4.69, 9.17) is 0 Å². The van der Waals surface area contributed by atoms with Gasteiger partial charge in [-0.05, 0) is 62.1 Å². The number of halogens is 4. The first-order valence-electron chi connectivity index (χ1n) is 7.48. The minimum absolute atomic E-state index is 0.0894. The minimum atomic E-state index is -4.50. The van der Waals surface area contributed by atoms with Gasteiger partial charge in [-0.1, -0.05) is 6.42 Å². The number of fused-ring (bicyclic) bond motifs is 2. The summed E-state index contributed by atoms with van der Waals surface area (Å²) >= 11 is 0. The van der Waals surface area contributed by atoms with E-state index in [1.807, 2.05) is 6.92 Å². The Morgan fingerprint density at radius 1 is 1.19 bits per heavy atom. The van der Waals surface area contributed by atoms with Crippen LogP contribution in [-0.4, -0.2) is 6.04 Å². The smallest absolute Gasteiger partial charge is 0.380 e. The van der Waals surface area contributed by atoms with Gasteiger partial charge in [0.1, 0.15) is 5.82 Å². The highest BCUT2D eigenvalue weighted by atomic mass is 19.4. The Kier molecular flexibility index (Phi) is 3.62. The maximum atomic E-state index is 13.9. The molecule has 0 aliphatic heterocycles. The van der Waals surface area contributed by atoms with Crippen LogP contribution in [0.25, 0.3) is 0 Å². The summed E-state index contributed by atoms with van der Waals surface area (Å²) in [5.41, 5.74) is -0.781. The Bertz CT molecular complexity index is 525. The highest BCUT2D eigenvalue weighted by Gasteiger charge is 2.42. The van der Waals surface area contributed by atoms with E-state index in [-0.39, 0.29) is 11.7 Å². The predicted molar refractivity (Wildman–Crippen MR) is 73.4 cm³/mol. The molecule has 2 aliphatic carbocycles. The zero-order chi connectivity index (χ0) is 15.2. The lowest BCUT2D eigenvalue weighted by molar-refractivity contribution is -0.137. The van der Waals surface area contributed by atoms with E-state index in [9.17, 15) is 17.6 Å². The average molecular weight is 301 g/mol. The van der Waals surface area contributed by atoms with Crippen molar-refractivity contribution in [3.05, 3.63) is 29.6 Å². The monoisotopic (exact) mass is 301 g/mol. The van der Waals surface area contributed by atoms with Gasteiger partial charge in [0, 0.05) is 6.04 Å². The summed E-state index contributed by atoms with van der Waals surface area (Å²) in [5.74, 6) is 1.15. The zero-order valence-electron chi connectivity index (χ0n) is 11.9. The van der Waals surface area contributed by atoms with Crippen molar-refractivity contribution in [2.75, 3.05) is 5.32 Å². The van der Waals surface area contributed by atoms with Crippen molar-refractivity contribution in [3.63, 3.8) is 0 Å². The first-order valence-corrected chi connectivity index (χ1v) is 7.48. The quantitative estimate of drug-likeness (QED) is 0.768. The van der Waals surface area contributed by atoms with Crippen LogP contribution in [0.15, 0.2) is 18.2 Å². The van der Waals surface area contributed by atoms with Gasteiger partial charge < -0.3 is 5.32 Å². The van der Waals surface area contributed by atoms with Crippen molar-refractivity contribution in [2.45, 2.75) is 44.8 Å². The lowest BCUT2D eigenvalue weighted by Crippen LogP contribution is -2.30. The molecule has 0 saturated heterocycles. The van der Waals surface area contributed by atoms with Gasteiger partial charge in [-0.25, -0.2) is 4.39 Å². The van der Waals surface area contributed by atoms with Crippen LogP contribution in [0.4, 0.5) is 23.2 Å². The van der Waals surface area contributed by atoms with Gasteiger partial charge in [-0.3, -0.25) is 0 Å². The van der Waals surface area contributed by atoms with Crippen molar-refractivity contribution in [2.24, 2.45) is 17.8 Å². The number of hydrogen-bond donors (Lipinski definition) is 1. The number of alkyl halides is 3. The topological polar surface area (TPSA) is 12.0 Å². The van der Waals surface area contributed by atoms with E-state index in [0.717, 1.165) is 18.4 Å². The summed E-state index contributed by atoms with van der Waals surface area (Å²) in [4.78, 5) is 0. The van der Waals surface area contributed by atoms with Gasteiger partial charge in [0.2, 0.25) is 0 Å². The van der Waals surface area contributed by atoms with Crippen LogP contribution in [0.1, 0.15) is 38.2 Å². The normalized spacial score (nSPS) is 29.7. The van der Waals surface area contributed by atoms with E-state index >= 15 is 0 Å². The lowest BCUT2D eigenvalue weighted by atomic mass is 9.84. The fraction of sp³-hybridized carbons (Fsp3) is 0.625. The van der Waals surface area contributed by atoms with Crippen molar-refractivity contribution in [3.8, 4) is 0 Å². The third kappa shape index (κ3) is 2.87. The SMILES string of the molecule is CC(Nc1ccc(C(F)(F)F)cc1F)C1CC2CCC1C2. The summed E-state index contributed by atoms with van der Waals surface area (Å²) in [5, 5.41) is 3.07. The Morgan fingerprint density at radius 2 is 1.95 bits per heavy atom. The Morgan fingerprint density at radius 3 is 2.48 bits per heavy atom. The first kappa shape index (κ1) is 14.7. The van der Waals surface area contributed by atoms with Crippen LogP contribution in [0.2, 0.25) is 0 Å². The summed E-state index contributed by atoms with van der Waals surface area (Å²) < 4.78 is 51.4. The standard InChI is InChI=1S/C16H19F4N/c1-9(13-7-10-2-3-11(13)6-10)21-15-5-4-12(8-14(15)17)16(18,19)20/h4-5,8-11,13,21H,2-3,6-7H2,1H3. The highest BCUT2D eigenvalue weighted by molar-refractivity contribution is 5.47. The number of nitrogens with one attached hydrogen (secondary N) is 1. The number of rotatable bonds is 3. The third-order valence-corrected chi connectivity index (χ3v) is 5.11. The fourth-order valence-electron chi connectivity index (χ4n) is 4.07. The molecule has 4 unspecified atom stereocenters.